The molecule has 0 saturated carbocycles. The molecular formula is C19H17N. The van der Waals surface area contributed by atoms with E-state index in [1.54, 1.807) is 0 Å². The van der Waals surface area contributed by atoms with Crippen molar-refractivity contribution in [2.24, 2.45) is 0 Å². The number of hydrogen-bond acceptors (Lipinski definition) is 0. The predicted octanol–water partition coefficient (Wildman–Crippen LogP) is 5.60. The fourth-order valence-corrected chi connectivity index (χ4v) is 2.96. The summed E-state index contributed by atoms with van der Waals surface area (Å²) in [5, 5.41) is 5.24. The van der Waals surface area contributed by atoms with E-state index in [9.17, 15) is 0 Å². The van der Waals surface area contributed by atoms with Crippen LogP contribution >= 0.6 is 0 Å². The molecule has 0 radical (unpaired) electrons. The van der Waals surface area contributed by atoms with Crippen LogP contribution in [0.4, 0.5) is 0 Å². The maximum atomic E-state index is 3.54. The molecule has 1 heterocycles. The number of rotatable bonds is 1. The van der Waals surface area contributed by atoms with Gasteiger partial charge in [-0.1, -0.05) is 44.2 Å². The van der Waals surface area contributed by atoms with Gasteiger partial charge in [0, 0.05) is 21.8 Å². The third-order valence-corrected chi connectivity index (χ3v) is 4.16. The Kier molecular flexibility index (Phi) is 2.37. The van der Waals surface area contributed by atoms with Gasteiger partial charge in [0.1, 0.15) is 0 Å². The van der Waals surface area contributed by atoms with E-state index in [2.05, 4.69) is 73.4 Å². The minimum atomic E-state index is 0.560. The van der Waals surface area contributed by atoms with Crippen molar-refractivity contribution in [2.75, 3.05) is 0 Å². The molecule has 98 valence electrons. The van der Waals surface area contributed by atoms with Crippen molar-refractivity contribution in [1.82, 2.24) is 4.98 Å². The molecule has 3 aromatic carbocycles. The topological polar surface area (TPSA) is 15.8 Å². The van der Waals surface area contributed by atoms with Gasteiger partial charge in [-0.25, -0.2) is 0 Å². The minimum Gasteiger partial charge on any atom is -0.354 e. The zero-order valence-electron chi connectivity index (χ0n) is 11.8. The lowest BCUT2D eigenvalue weighted by Gasteiger charge is -2.04. The van der Waals surface area contributed by atoms with Gasteiger partial charge in [-0.05, 0) is 46.5 Å². The van der Waals surface area contributed by atoms with Crippen LogP contribution in [0.3, 0.4) is 0 Å². The van der Waals surface area contributed by atoms with E-state index >= 15 is 0 Å². The summed E-state index contributed by atoms with van der Waals surface area (Å²) in [6.07, 6.45) is 0. The summed E-state index contributed by atoms with van der Waals surface area (Å²) in [5.41, 5.74) is 3.84. The van der Waals surface area contributed by atoms with E-state index < -0.39 is 0 Å². The van der Waals surface area contributed by atoms with Gasteiger partial charge in [0.15, 0.2) is 0 Å². The summed E-state index contributed by atoms with van der Waals surface area (Å²) in [5.74, 6) is 0.560. The molecule has 0 aliphatic heterocycles. The molecule has 0 aliphatic carbocycles. The van der Waals surface area contributed by atoms with Crippen LogP contribution in [0.1, 0.15) is 25.3 Å². The monoisotopic (exact) mass is 259 g/mol. The minimum absolute atomic E-state index is 0.560. The molecule has 0 spiro atoms. The number of hydrogen-bond donors (Lipinski definition) is 1. The molecule has 0 aliphatic rings. The van der Waals surface area contributed by atoms with Gasteiger partial charge >= 0.3 is 0 Å². The fraction of sp³-hybridized carbons (Fsp3) is 0.158. The zero-order valence-corrected chi connectivity index (χ0v) is 11.8. The molecule has 4 rings (SSSR count). The molecular weight excluding hydrogens is 242 g/mol. The summed E-state index contributed by atoms with van der Waals surface area (Å²) in [6, 6.07) is 19.8. The quantitative estimate of drug-likeness (QED) is 0.458. The zero-order chi connectivity index (χ0) is 13.7. The molecule has 1 aromatic heterocycles. The first-order valence-electron chi connectivity index (χ1n) is 7.16. The SMILES string of the molecule is CC(C)c1ccc2[nH]c3cc4ccccc4cc3c2c1. The lowest BCUT2D eigenvalue weighted by atomic mass is 10.00. The lowest BCUT2D eigenvalue weighted by Crippen LogP contribution is -1.85. The van der Waals surface area contributed by atoms with Crippen molar-refractivity contribution in [3.8, 4) is 0 Å². The number of nitrogens with one attached hydrogen (secondary N) is 1. The van der Waals surface area contributed by atoms with Gasteiger partial charge in [-0.15, -0.1) is 0 Å². The van der Waals surface area contributed by atoms with Crippen molar-refractivity contribution in [1.29, 1.82) is 0 Å². The molecule has 0 amide bonds. The molecule has 1 nitrogen and oxygen atoms in total. The summed E-state index contributed by atoms with van der Waals surface area (Å²) in [7, 11) is 0. The molecule has 1 N–H and O–H groups in total. The summed E-state index contributed by atoms with van der Waals surface area (Å²) < 4.78 is 0. The first-order chi connectivity index (χ1) is 9.72. The Balaban J connectivity index is 2.13. The Bertz CT molecular complexity index is 928. The van der Waals surface area contributed by atoms with Gasteiger partial charge in [-0.2, -0.15) is 0 Å². The van der Waals surface area contributed by atoms with Crippen LogP contribution in [0.15, 0.2) is 54.6 Å². The average molecular weight is 259 g/mol. The van der Waals surface area contributed by atoms with E-state index in [4.69, 9.17) is 0 Å². The van der Waals surface area contributed by atoms with Crippen molar-refractivity contribution in [3.05, 3.63) is 60.2 Å². The van der Waals surface area contributed by atoms with E-state index in [0.717, 1.165) is 0 Å². The smallest absolute Gasteiger partial charge is 0.0471 e. The summed E-state index contributed by atoms with van der Waals surface area (Å²) in [4.78, 5) is 3.54. The predicted molar refractivity (Wildman–Crippen MR) is 87.4 cm³/mol. The Hall–Kier alpha value is -2.28. The highest BCUT2D eigenvalue weighted by molar-refractivity contribution is 6.12. The number of fused-ring (bicyclic) bond motifs is 4. The first kappa shape index (κ1) is 11.5. The van der Waals surface area contributed by atoms with E-state index in [1.807, 2.05) is 0 Å². The van der Waals surface area contributed by atoms with E-state index in [1.165, 1.54) is 38.1 Å². The second-order valence-corrected chi connectivity index (χ2v) is 5.83. The van der Waals surface area contributed by atoms with Gasteiger partial charge < -0.3 is 4.98 Å². The van der Waals surface area contributed by atoms with Gasteiger partial charge in [-0.3, -0.25) is 0 Å². The first-order valence-corrected chi connectivity index (χ1v) is 7.16. The lowest BCUT2D eigenvalue weighted by molar-refractivity contribution is 0.869. The fourth-order valence-electron chi connectivity index (χ4n) is 2.96. The van der Waals surface area contributed by atoms with Crippen LogP contribution < -0.4 is 0 Å². The number of H-pyrrole nitrogens is 1. The molecule has 0 unspecified atom stereocenters. The molecule has 1 heteroatoms. The van der Waals surface area contributed by atoms with Crippen molar-refractivity contribution >= 4 is 32.6 Å². The molecule has 0 saturated heterocycles. The number of aromatic amines is 1. The van der Waals surface area contributed by atoms with Gasteiger partial charge in [0.2, 0.25) is 0 Å². The normalized spacial score (nSPS) is 11.9. The molecule has 0 bridgehead atoms. The third-order valence-electron chi connectivity index (χ3n) is 4.16. The largest absolute Gasteiger partial charge is 0.354 e. The third kappa shape index (κ3) is 1.63. The van der Waals surface area contributed by atoms with E-state index in [-0.39, 0.29) is 0 Å². The van der Waals surface area contributed by atoms with Crippen molar-refractivity contribution < 1.29 is 0 Å². The van der Waals surface area contributed by atoms with Crippen LogP contribution in [0.2, 0.25) is 0 Å². The molecule has 20 heavy (non-hydrogen) atoms. The molecule has 0 atom stereocenters. The maximum Gasteiger partial charge on any atom is 0.0471 e. The van der Waals surface area contributed by atoms with E-state index in [0.29, 0.717) is 5.92 Å². The Morgan fingerprint density at radius 2 is 1.45 bits per heavy atom. The average Bonchev–Trinajstić information content (AvgIpc) is 2.81. The molecule has 4 aromatic rings. The van der Waals surface area contributed by atoms with Crippen LogP contribution in [0.25, 0.3) is 32.6 Å². The van der Waals surface area contributed by atoms with Crippen molar-refractivity contribution in [2.45, 2.75) is 19.8 Å². The Morgan fingerprint density at radius 1 is 0.750 bits per heavy atom. The number of aromatic nitrogens is 1. The second-order valence-electron chi connectivity index (χ2n) is 5.83. The number of benzene rings is 3. The summed E-state index contributed by atoms with van der Waals surface area (Å²) in [6.45, 7) is 4.48. The Morgan fingerprint density at radius 3 is 2.20 bits per heavy atom. The van der Waals surface area contributed by atoms with Crippen LogP contribution in [0.5, 0.6) is 0 Å². The highest BCUT2D eigenvalue weighted by Gasteiger charge is 2.08. The Labute approximate surface area is 118 Å². The molecule has 0 fully saturated rings. The highest BCUT2D eigenvalue weighted by atomic mass is 14.7. The maximum absolute atomic E-state index is 3.54. The van der Waals surface area contributed by atoms with Gasteiger partial charge in [0.05, 0.1) is 0 Å². The highest BCUT2D eigenvalue weighted by Crippen LogP contribution is 2.31. The second kappa shape index (κ2) is 4.11. The standard InChI is InChI=1S/C19H17N/c1-12(2)13-7-8-18-16(9-13)17-10-14-5-3-4-6-15(14)11-19(17)20-18/h3-12,20H,1-2H3. The van der Waals surface area contributed by atoms with Gasteiger partial charge in [0.25, 0.3) is 0 Å². The van der Waals surface area contributed by atoms with Crippen LogP contribution in [-0.2, 0) is 0 Å². The van der Waals surface area contributed by atoms with Crippen LogP contribution in [0, 0.1) is 0 Å². The van der Waals surface area contributed by atoms with Crippen LogP contribution in [-0.4, -0.2) is 4.98 Å². The summed E-state index contributed by atoms with van der Waals surface area (Å²) >= 11 is 0. The van der Waals surface area contributed by atoms with Crippen molar-refractivity contribution in [3.63, 3.8) is 0 Å².